The molecule has 0 aliphatic carbocycles. The number of hydrogen-bond acceptors (Lipinski definition) is 4. The van der Waals surface area contributed by atoms with Crippen molar-refractivity contribution in [2.75, 3.05) is 0 Å². The highest BCUT2D eigenvalue weighted by molar-refractivity contribution is 7.89. The molecule has 1 amide bonds. The molecule has 124 valence electrons. The first-order chi connectivity index (χ1) is 10.7. The van der Waals surface area contributed by atoms with Crippen LogP contribution in [0.15, 0.2) is 30.6 Å². The van der Waals surface area contributed by atoms with Crippen LogP contribution in [0.25, 0.3) is 0 Å². The number of amides is 1. The number of sulfonamides is 1. The van der Waals surface area contributed by atoms with Crippen molar-refractivity contribution in [3.63, 3.8) is 0 Å². The summed E-state index contributed by atoms with van der Waals surface area (Å²) in [5.41, 5.74) is -0.161. The highest BCUT2D eigenvalue weighted by atomic mass is 32.2. The van der Waals surface area contributed by atoms with Gasteiger partial charge in [0.15, 0.2) is 0 Å². The Morgan fingerprint density at radius 2 is 2.04 bits per heavy atom. The summed E-state index contributed by atoms with van der Waals surface area (Å²) in [5, 5.41) is 3.93. The van der Waals surface area contributed by atoms with Crippen LogP contribution in [-0.2, 0) is 15.8 Å². The molecule has 0 radical (unpaired) electrons. The molecule has 0 atom stereocenters. The second kappa shape index (κ2) is 6.45. The normalized spacial score (nSPS) is 11.7. The van der Waals surface area contributed by atoms with Gasteiger partial charge in [-0.05, 0) is 19.9 Å². The van der Waals surface area contributed by atoms with Gasteiger partial charge in [0.25, 0.3) is 5.91 Å². The van der Waals surface area contributed by atoms with E-state index in [-0.39, 0.29) is 17.2 Å². The average molecular weight is 343 g/mol. The standard InChI is InChI=1S/C14H15F2N3O3S/c1-9(2)19-7-11(6-17-19)14(20)18-23(21,22)8-10-3-4-12(15)5-13(10)16/h3-7,9H,8H2,1-2H3,(H,18,20). The Labute approximate surface area is 132 Å². The van der Waals surface area contributed by atoms with Crippen molar-refractivity contribution in [2.45, 2.75) is 25.6 Å². The molecule has 0 fully saturated rings. The third-order valence-corrected chi connectivity index (χ3v) is 4.19. The van der Waals surface area contributed by atoms with Gasteiger partial charge in [-0.2, -0.15) is 5.10 Å². The van der Waals surface area contributed by atoms with Crippen molar-refractivity contribution in [1.82, 2.24) is 14.5 Å². The molecular weight excluding hydrogens is 328 g/mol. The minimum absolute atomic E-state index is 0.0152. The molecular formula is C14H15F2N3O3S. The number of nitrogens with one attached hydrogen (secondary N) is 1. The van der Waals surface area contributed by atoms with E-state index in [1.807, 2.05) is 18.6 Å². The molecule has 23 heavy (non-hydrogen) atoms. The van der Waals surface area contributed by atoms with Crippen molar-refractivity contribution in [2.24, 2.45) is 0 Å². The SMILES string of the molecule is CC(C)n1cc(C(=O)NS(=O)(=O)Cc2ccc(F)cc2F)cn1. The molecule has 6 nitrogen and oxygen atoms in total. The minimum Gasteiger partial charge on any atom is -0.269 e. The fraction of sp³-hybridized carbons (Fsp3) is 0.286. The summed E-state index contributed by atoms with van der Waals surface area (Å²) < 4.78 is 53.5. The summed E-state index contributed by atoms with van der Waals surface area (Å²) in [6.45, 7) is 3.70. The molecule has 1 aromatic carbocycles. The quantitative estimate of drug-likeness (QED) is 0.900. The van der Waals surface area contributed by atoms with Crippen LogP contribution in [0.5, 0.6) is 0 Å². The number of nitrogens with zero attached hydrogens (tertiary/aromatic N) is 2. The fourth-order valence-corrected chi connectivity index (χ4v) is 2.93. The van der Waals surface area contributed by atoms with Gasteiger partial charge in [0.1, 0.15) is 11.6 Å². The number of carbonyl (C=O) groups excluding carboxylic acids is 1. The summed E-state index contributed by atoms with van der Waals surface area (Å²) in [7, 11) is -4.13. The van der Waals surface area contributed by atoms with Crippen LogP contribution in [0.2, 0.25) is 0 Å². The maximum Gasteiger partial charge on any atom is 0.267 e. The zero-order valence-corrected chi connectivity index (χ0v) is 13.3. The third kappa shape index (κ3) is 4.35. The largest absolute Gasteiger partial charge is 0.269 e. The van der Waals surface area contributed by atoms with E-state index in [1.54, 1.807) is 0 Å². The van der Waals surface area contributed by atoms with E-state index < -0.39 is 33.3 Å². The Kier molecular flexibility index (Phi) is 4.79. The second-order valence-electron chi connectivity index (χ2n) is 5.23. The van der Waals surface area contributed by atoms with Gasteiger partial charge in [-0.1, -0.05) is 6.07 Å². The highest BCUT2D eigenvalue weighted by Crippen LogP contribution is 2.13. The van der Waals surface area contributed by atoms with Crippen molar-refractivity contribution in [3.05, 3.63) is 53.4 Å². The van der Waals surface area contributed by atoms with Crippen LogP contribution in [0.3, 0.4) is 0 Å². The Bertz CT molecular complexity index is 832. The predicted octanol–water partition coefficient (Wildman–Crippen LogP) is 2.00. The lowest BCUT2D eigenvalue weighted by atomic mass is 10.2. The van der Waals surface area contributed by atoms with Crippen molar-refractivity contribution in [3.8, 4) is 0 Å². The number of hydrogen-bond donors (Lipinski definition) is 1. The van der Waals surface area contributed by atoms with Gasteiger partial charge in [-0.25, -0.2) is 21.9 Å². The number of aromatic nitrogens is 2. The van der Waals surface area contributed by atoms with E-state index in [4.69, 9.17) is 0 Å². The van der Waals surface area contributed by atoms with Crippen molar-refractivity contribution < 1.29 is 22.0 Å². The van der Waals surface area contributed by atoms with E-state index in [0.717, 1.165) is 12.1 Å². The summed E-state index contributed by atoms with van der Waals surface area (Å²) in [5.74, 6) is -3.44. The molecule has 0 aliphatic rings. The summed E-state index contributed by atoms with van der Waals surface area (Å²) in [6, 6.07) is 2.56. The monoisotopic (exact) mass is 343 g/mol. The number of carbonyl (C=O) groups is 1. The molecule has 1 aromatic heterocycles. The van der Waals surface area contributed by atoms with E-state index in [2.05, 4.69) is 5.10 Å². The molecule has 1 N–H and O–H groups in total. The molecule has 0 bridgehead atoms. The van der Waals surface area contributed by atoms with Crippen molar-refractivity contribution >= 4 is 15.9 Å². The van der Waals surface area contributed by atoms with Crippen molar-refractivity contribution in [1.29, 1.82) is 0 Å². The van der Waals surface area contributed by atoms with Gasteiger partial charge < -0.3 is 0 Å². The van der Waals surface area contributed by atoms with Crippen LogP contribution in [-0.4, -0.2) is 24.1 Å². The smallest absolute Gasteiger partial charge is 0.267 e. The Morgan fingerprint density at radius 3 is 2.61 bits per heavy atom. The Hall–Kier alpha value is -2.29. The average Bonchev–Trinajstić information content (AvgIpc) is 2.91. The Balaban J connectivity index is 2.12. The van der Waals surface area contributed by atoms with Gasteiger partial charge in [0.05, 0.1) is 17.5 Å². The van der Waals surface area contributed by atoms with Gasteiger partial charge in [-0.3, -0.25) is 9.48 Å². The summed E-state index contributed by atoms with van der Waals surface area (Å²) >= 11 is 0. The molecule has 0 spiro atoms. The van der Waals surface area contributed by atoms with Gasteiger partial charge in [0, 0.05) is 23.9 Å². The van der Waals surface area contributed by atoms with Crippen LogP contribution in [0, 0.1) is 11.6 Å². The zero-order valence-electron chi connectivity index (χ0n) is 12.5. The van der Waals surface area contributed by atoms with Gasteiger partial charge in [0.2, 0.25) is 10.0 Å². The van der Waals surface area contributed by atoms with Crippen LogP contribution in [0.4, 0.5) is 8.78 Å². The molecule has 2 rings (SSSR count). The first-order valence-electron chi connectivity index (χ1n) is 6.71. The first-order valence-corrected chi connectivity index (χ1v) is 8.36. The summed E-state index contributed by atoms with van der Waals surface area (Å²) in [4.78, 5) is 11.9. The molecule has 0 aliphatic heterocycles. The molecule has 9 heteroatoms. The third-order valence-electron chi connectivity index (χ3n) is 3.00. The maximum atomic E-state index is 13.5. The number of halogens is 2. The van der Waals surface area contributed by atoms with E-state index in [1.165, 1.54) is 17.1 Å². The first kappa shape index (κ1) is 17.1. The molecule has 0 unspecified atom stereocenters. The van der Waals surface area contributed by atoms with Crippen LogP contribution < -0.4 is 4.72 Å². The van der Waals surface area contributed by atoms with E-state index in [9.17, 15) is 22.0 Å². The fourth-order valence-electron chi connectivity index (χ4n) is 1.82. The van der Waals surface area contributed by atoms with E-state index >= 15 is 0 Å². The number of benzene rings is 1. The van der Waals surface area contributed by atoms with Crippen LogP contribution >= 0.6 is 0 Å². The van der Waals surface area contributed by atoms with Crippen LogP contribution in [0.1, 0.15) is 35.8 Å². The van der Waals surface area contributed by atoms with Gasteiger partial charge in [-0.15, -0.1) is 0 Å². The topological polar surface area (TPSA) is 81.1 Å². The zero-order chi connectivity index (χ0) is 17.2. The Morgan fingerprint density at radius 1 is 1.35 bits per heavy atom. The second-order valence-corrected chi connectivity index (χ2v) is 6.95. The summed E-state index contributed by atoms with van der Waals surface area (Å²) in [6.07, 6.45) is 2.65. The highest BCUT2D eigenvalue weighted by Gasteiger charge is 2.20. The maximum absolute atomic E-state index is 13.5. The van der Waals surface area contributed by atoms with E-state index in [0.29, 0.717) is 6.07 Å². The molecule has 0 saturated heterocycles. The lowest BCUT2D eigenvalue weighted by Crippen LogP contribution is -2.31. The number of rotatable bonds is 5. The molecule has 0 saturated carbocycles. The lowest BCUT2D eigenvalue weighted by molar-refractivity contribution is 0.0981. The predicted molar refractivity (Wildman–Crippen MR) is 79.1 cm³/mol. The van der Waals surface area contributed by atoms with Gasteiger partial charge >= 0.3 is 0 Å². The molecule has 1 heterocycles. The lowest BCUT2D eigenvalue weighted by Gasteiger charge is -2.07. The molecule has 2 aromatic rings. The minimum atomic E-state index is -4.13.